The van der Waals surface area contributed by atoms with Crippen LogP contribution in [0.1, 0.15) is 40.0 Å². The number of hydrogen-bond acceptors (Lipinski definition) is 2. The molecule has 1 unspecified atom stereocenters. The fourth-order valence-corrected chi connectivity index (χ4v) is 1.89. The van der Waals surface area contributed by atoms with E-state index in [0.717, 1.165) is 25.9 Å². The number of aliphatic hydroxyl groups excluding tert-OH is 1. The molecular weight excluding hydrogens is 162 g/mol. The summed E-state index contributed by atoms with van der Waals surface area (Å²) in [7, 11) is 0. The van der Waals surface area contributed by atoms with Gasteiger partial charge >= 0.3 is 0 Å². The highest BCUT2D eigenvalue weighted by Crippen LogP contribution is 2.23. The molecule has 0 spiro atoms. The van der Waals surface area contributed by atoms with Gasteiger partial charge in [0.2, 0.25) is 0 Å². The lowest BCUT2D eigenvalue weighted by Crippen LogP contribution is -2.42. The van der Waals surface area contributed by atoms with Crippen molar-refractivity contribution in [1.82, 2.24) is 4.90 Å². The Hall–Kier alpha value is -0.0800. The highest BCUT2D eigenvalue weighted by molar-refractivity contribution is 4.77. The molecule has 0 aliphatic carbocycles. The number of β-amino-alcohol motifs (C(OH)–C–C–N with tert-alkyl or cyclic N) is 1. The van der Waals surface area contributed by atoms with E-state index in [1.807, 2.05) is 0 Å². The lowest BCUT2D eigenvalue weighted by atomic mass is 9.89. The molecule has 0 amide bonds. The van der Waals surface area contributed by atoms with E-state index in [9.17, 15) is 5.11 Å². The van der Waals surface area contributed by atoms with Gasteiger partial charge in [-0.1, -0.05) is 20.8 Å². The number of hydrogen-bond donors (Lipinski definition) is 1. The largest absolute Gasteiger partial charge is 0.392 e. The van der Waals surface area contributed by atoms with E-state index < -0.39 is 0 Å². The Morgan fingerprint density at radius 1 is 1.46 bits per heavy atom. The second-order valence-corrected chi connectivity index (χ2v) is 5.05. The lowest BCUT2D eigenvalue weighted by molar-refractivity contribution is 0.0495. The van der Waals surface area contributed by atoms with Gasteiger partial charge in [0.15, 0.2) is 0 Å². The molecule has 0 bridgehead atoms. The Morgan fingerprint density at radius 3 is 2.69 bits per heavy atom. The van der Waals surface area contributed by atoms with Gasteiger partial charge in [0.25, 0.3) is 0 Å². The van der Waals surface area contributed by atoms with Crippen molar-refractivity contribution in [2.75, 3.05) is 19.6 Å². The van der Waals surface area contributed by atoms with Crippen LogP contribution in [0.5, 0.6) is 0 Å². The van der Waals surface area contributed by atoms with E-state index in [1.54, 1.807) is 0 Å². The van der Waals surface area contributed by atoms with Crippen molar-refractivity contribution in [1.29, 1.82) is 0 Å². The van der Waals surface area contributed by atoms with E-state index in [0.29, 0.717) is 5.41 Å². The standard InChI is InChI=1S/C11H23NO/c1-4-11(2,3)9-12-7-5-6-10(13)8-12/h10,13H,4-9H2,1-3H3. The summed E-state index contributed by atoms with van der Waals surface area (Å²) in [6, 6.07) is 0. The Balaban J connectivity index is 2.35. The van der Waals surface area contributed by atoms with Crippen LogP contribution in [0.15, 0.2) is 0 Å². The minimum Gasteiger partial charge on any atom is -0.392 e. The summed E-state index contributed by atoms with van der Waals surface area (Å²) in [5.74, 6) is 0. The second kappa shape index (κ2) is 4.43. The van der Waals surface area contributed by atoms with Gasteiger partial charge in [0.1, 0.15) is 0 Å². The third-order valence-corrected chi connectivity index (χ3v) is 3.09. The number of rotatable bonds is 3. The van der Waals surface area contributed by atoms with Gasteiger partial charge in [-0.3, -0.25) is 0 Å². The maximum absolute atomic E-state index is 9.51. The first kappa shape index (κ1) is 11.0. The molecule has 1 aliphatic heterocycles. The zero-order chi connectivity index (χ0) is 9.90. The molecule has 78 valence electrons. The molecule has 1 heterocycles. The van der Waals surface area contributed by atoms with E-state index >= 15 is 0 Å². The highest BCUT2D eigenvalue weighted by Gasteiger charge is 2.23. The van der Waals surface area contributed by atoms with Crippen molar-refractivity contribution in [3.05, 3.63) is 0 Å². The molecule has 1 saturated heterocycles. The first-order chi connectivity index (χ1) is 6.03. The van der Waals surface area contributed by atoms with Gasteiger partial charge in [0, 0.05) is 13.1 Å². The lowest BCUT2D eigenvalue weighted by Gasteiger charge is -2.36. The fraction of sp³-hybridized carbons (Fsp3) is 1.00. The Bertz CT molecular complexity index is 156. The maximum atomic E-state index is 9.51. The molecule has 1 atom stereocenters. The SMILES string of the molecule is CCC(C)(C)CN1CCCC(O)C1. The Kier molecular flexibility index (Phi) is 3.74. The van der Waals surface area contributed by atoms with Gasteiger partial charge in [0.05, 0.1) is 6.10 Å². The first-order valence-corrected chi connectivity index (χ1v) is 5.44. The molecule has 1 rings (SSSR count). The molecule has 1 N–H and O–H groups in total. The molecule has 0 aromatic heterocycles. The van der Waals surface area contributed by atoms with Crippen molar-refractivity contribution in [2.24, 2.45) is 5.41 Å². The van der Waals surface area contributed by atoms with Crippen LogP contribution in [0, 0.1) is 5.41 Å². The summed E-state index contributed by atoms with van der Waals surface area (Å²) < 4.78 is 0. The average Bonchev–Trinajstić information content (AvgIpc) is 2.03. The average molecular weight is 185 g/mol. The molecule has 0 aromatic carbocycles. The normalized spacial score (nSPS) is 26.3. The number of nitrogens with zero attached hydrogens (tertiary/aromatic N) is 1. The van der Waals surface area contributed by atoms with Crippen LogP contribution in [0.25, 0.3) is 0 Å². The molecule has 1 aliphatic rings. The van der Waals surface area contributed by atoms with Gasteiger partial charge < -0.3 is 10.0 Å². The monoisotopic (exact) mass is 185 g/mol. The molecule has 0 radical (unpaired) electrons. The number of aliphatic hydroxyl groups is 1. The van der Waals surface area contributed by atoms with Crippen LogP contribution in [0.4, 0.5) is 0 Å². The van der Waals surface area contributed by atoms with Crippen LogP contribution in [0.2, 0.25) is 0 Å². The minimum absolute atomic E-state index is 0.0820. The highest BCUT2D eigenvalue weighted by atomic mass is 16.3. The van der Waals surface area contributed by atoms with Gasteiger partial charge in [-0.2, -0.15) is 0 Å². The number of piperidine rings is 1. The predicted molar refractivity (Wildman–Crippen MR) is 55.8 cm³/mol. The summed E-state index contributed by atoms with van der Waals surface area (Å²) in [5.41, 5.74) is 0.400. The van der Waals surface area contributed by atoms with Crippen molar-refractivity contribution in [2.45, 2.75) is 46.1 Å². The Labute approximate surface area is 81.9 Å². The summed E-state index contributed by atoms with van der Waals surface area (Å²) in [5, 5.41) is 9.51. The van der Waals surface area contributed by atoms with Crippen LogP contribution in [-0.4, -0.2) is 35.7 Å². The van der Waals surface area contributed by atoms with Gasteiger partial charge in [-0.05, 0) is 31.2 Å². The fourth-order valence-electron chi connectivity index (χ4n) is 1.89. The van der Waals surface area contributed by atoms with Crippen molar-refractivity contribution in [3.8, 4) is 0 Å². The van der Waals surface area contributed by atoms with Crippen molar-refractivity contribution in [3.63, 3.8) is 0 Å². The van der Waals surface area contributed by atoms with Gasteiger partial charge in [-0.15, -0.1) is 0 Å². The second-order valence-electron chi connectivity index (χ2n) is 5.05. The minimum atomic E-state index is -0.0820. The smallest absolute Gasteiger partial charge is 0.0667 e. The van der Waals surface area contributed by atoms with E-state index in [1.165, 1.54) is 13.0 Å². The summed E-state index contributed by atoms with van der Waals surface area (Å²) in [6.45, 7) is 10.0. The van der Waals surface area contributed by atoms with Crippen LogP contribution in [0.3, 0.4) is 0 Å². The summed E-state index contributed by atoms with van der Waals surface area (Å²) in [4.78, 5) is 2.40. The van der Waals surface area contributed by atoms with Crippen LogP contribution >= 0.6 is 0 Å². The third kappa shape index (κ3) is 3.65. The van der Waals surface area contributed by atoms with E-state index in [4.69, 9.17) is 0 Å². The topological polar surface area (TPSA) is 23.5 Å². The molecule has 13 heavy (non-hydrogen) atoms. The van der Waals surface area contributed by atoms with E-state index in [-0.39, 0.29) is 6.10 Å². The van der Waals surface area contributed by atoms with Gasteiger partial charge in [-0.25, -0.2) is 0 Å². The third-order valence-electron chi connectivity index (χ3n) is 3.09. The summed E-state index contributed by atoms with van der Waals surface area (Å²) >= 11 is 0. The molecule has 0 aromatic rings. The molecular formula is C11H23NO. The molecule has 2 nitrogen and oxygen atoms in total. The molecule has 0 saturated carbocycles. The summed E-state index contributed by atoms with van der Waals surface area (Å²) in [6.07, 6.45) is 3.27. The zero-order valence-corrected chi connectivity index (χ0v) is 9.21. The van der Waals surface area contributed by atoms with E-state index in [2.05, 4.69) is 25.7 Å². The van der Waals surface area contributed by atoms with Crippen LogP contribution in [-0.2, 0) is 0 Å². The first-order valence-electron chi connectivity index (χ1n) is 5.44. The molecule has 1 fully saturated rings. The molecule has 2 heteroatoms. The Morgan fingerprint density at radius 2 is 2.15 bits per heavy atom. The van der Waals surface area contributed by atoms with Crippen LogP contribution < -0.4 is 0 Å². The maximum Gasteiger partial charge on any atom is 0.0667 e. The predicted octanol–water partition coefficient (Wildman–Crippen LogP) is 1.88. The quantitative estimate of drug-likeness (QED) is 0.725. The van der Waals surface area contributed by atoms with Crippen molar-refractivity contribution >= 4 is 0 Å². The number of likely N-dealkylation sites (tertiary alicyclic amines) is 1. The zero-order valence-electron chi connectivity index (χ0n) is 9.21. The van der Waals surface area contributed by atoms with Crippen molar-refractivity contribution < 1.29 is 5.11 Å².